The smallest absolute Gasteiger partial charge is 0.408 e. The van der Waals surface area contributed by atoms with Crippen LogP contribution in [0.5, 0.6) is 0 Å². The highest BCUT2D eigenvalue weighted by molar-refractivity contribution is 5.95. The monoisotopic (exact) mass is 446 g/mol. The van der Waals surface area contributed by atoms with Crippen molar-refractivity contribution in [3.63, 3.8) is 0 Å². The van der Waals surface area contributed by atoms with Crippen molar-refractivity contribution in [3.8, 4) is 11.1 Å². The summed E-state index contributed by atoms with van der Waals surface area (Å²) in [7, 11) is 0. The van der Waals surface area contributed by atoms with E-state index >= 15 is 0 Å². The fraction of sp³-hybridized carbons (Fsp3) is 0.500. The van der Waals surface area contributed by atoms with Crippen LogP contribution in [0.25, 0.3) is 11.1 Å². The molecular formula is C28H34N2O3. The van der Waals surface area contributed by atoms with Crippen LogP contribution < -0.4 is 10.6 Å². The second-order valence-corrected chi connectivity index (χ2v) is 11.5. The lowest BCUT2D eigenvalue weighted by Gasteiger charge is -2.62. The Balaban J connectivity index is 1.31. The van der Waals surface area contributed by atoms with Crippen LogP contribution in [0.2, 0.25) is 0 Å². The lowest BCUT2D eigenvalue weighted by molar-refractivity contribution is -0.0509. The third kappa shape index (κ3) is 4.64. The molecule has 33 heavy (non-hydrogen) atoms. The van der Waals surface area contributed by atoms with Crippen molar-refractivity contribution in [2.45, 2.75) is 76.0 Å². The van der Waals surface area contributed by atoms with Crippen LogP contribution in [0.3, 0.4) is 0 Å². The van der Waals surface area contributed by atoms with E-state index in [1.165, 1.54) is 6.42 Å². The molecule has 2 amide bonds. The van der Waals surface area contributed by atoms with E-state index in [0.717, 1.165) is 43.2 Å². The number of nitrogens with one attached hydrogen (secondary N) is 2. The summed E-state index contributed by atoms with van der Waals surface area (Å²) in [6, 6.07) is 18.0. The predicted molar refractivity (Wildman–Crippen MR) is 129 cm³/mol. The zero-order valence-electron chi connectivity index (χ0n) is 19.8. The zero-order valence-corrected chi connectivity index (χ0v) is 19.8. The first-order valence-electron chi connectivity index (χ1n) is 12.1. The van der Waals surface area contributed by atoms with Crippen molar-refractivity contribution in [1.82, 2.24) is 10.6 Å². The van der Waals surface area contributed by atoms with Gasteiger partial charge in [0, 0.05) is 16.6 Å². The highest BCUT2D eigenvalue weighted by atomic mass is 16.6. The molecule has 4 atom stereocenters. The summed E-state index contributed by atoms with van der Waals surface area (Å²) in [4.78, 5) is 25.9. The minimum Gasteiger partial charge on any atom is -0.444 e. The number of amides is 2. The standard InChI is InChI=1S/C28H34N2O3/c1-26(2,3)33-25(32)30-28-16-19-13-20(17-28)15-27(14-19,18-28)29-24(31)23-11-9-22(10-12-23)21-7-5-4-6-8-21/h4-12,19-20H,13-18H2,1-3H3,(H,29,31)(H,30,32)/t19-,20+,27?,28?. The maximum absolute atomic E-state index is 13.3. The summed E-state index contributed by atoms with van der Waals surface area (Å²) in [5.74, 6) is 1.04. The van der Waals surface area contributed by atoms with Crippen LogP contribution in [-0.4, -0.2) is 28.7 Å². The molecule has 4 fully saturated rings. The first-order valence-corrected chi connectivity index (χ1v) is 12.1. The number of hydrogen-bond acceptors (Lipinski definition) is 3. The van der Waals surface area contributed by atoms with Crippen LogP contribution in [-0.2, 0) is 4.74 Å². The molecule has 5 nitrogen and oxygen atoms in total. The van der Waals surface area contributed by atoms with Crippen molar-refractivity contribution in [2.75, 3.05) is 0 Å². The van der Waals surface area contributed by atoms with Crippen LogP contribution in [0, 0.1) is 11.8 Å². The van der Waals surface area contributed by atoms with Gasteiger partial charge in [0.25, 0.3) is 5.91 Å². The van der Waals surface area contributed by atoms with E-state index in [-0.39, 0.29) is 23.1 Å². The molecule has 4 saturated carbocycles. The van der Waals surface area contributed by atoms with E-state index in [9.17, 15) is 9.59 Å². The molecule has 174 valence electrons. The van der Waals surface area contributed by atoms with Gasteiger partial charge in [-0.3, -0.25) is 4.79 Å². The zero-order chi connectivity index (χ0) is 23.3. The Morgan fingerprint density at radius 3 is 1.94 bits per heavy atom. The molecule has 2 N–H and O–H groups in total. The van der Waals surface area contributed by atoms with Crippen molar-refractivity contribution in [2.24, 2.45) is 11.8 Å². The Morgan fingerprint density at radius 1 is 0.818 bits per heavy atom. The number of alkyl carbamates (subject to hydrolysis) is 1. The van der Waals surface area contributed by atoms with E-state index in [2.05, 4.69) is 22.8 Å². The van der Waals surface area contributed by atoms with Gasteiger partial charge in [-0.05, 0) is 94.4 Å². The molecule has 4 bridgehead atoms. The quantitative estimate of drug-likeness (QED) is 0.633. The molecule has 4 aliphatic rings. The molecule has 4 aliphatic carbocycles. The summed E-state index contributed by atoms with van der Waals surface area (Å²) in [6.07, 6.45) is 5.58. The normalized spacial score (nSPS) is 30.0. The molecule has 5 heteroatoms. The Hall–Kier alpha value is -2.82. The molecule has 2 unspecified atom stereocenters. The van der Waals surface area contributed by atoms with Crippen LogP contribution in [0.1, 0.15) is 69.7 Å². The summed E-state index contributed by atoms with van der Waals surface area (Å²) in [6.45, 7) is 5.66. The van der Waals surface area contributed by atoms with Gasteiger partial charge in [-0.25, -0.2) is 4.79 Å². The topological polar surface area (TPSA) is 67.4 Å². The van der Waals surface area contributed by atoms with Gasteiger partial charge in [0.1, 0.15) is 5.60 Å². The molecule has 0 saturated heterocycles. The number of benzene rings is 2. The van der Waals surface area contributed by atoms with Gasteiger partial charge in [-0.15, -0.1) is 0 Å². The molecule has 6 rings (SSSR count). The van der Waals surface area contributed by atoms with Gasteiger partial charge < -0.3 is 15.4 Å². The summed E-state index contributed by atoms with van der Waals surface area (Å²) in [5, 5.41) is 6.65. The Kier molecular flexibility index (Phi) is 5.26. The van der Waals surface area contributed by atoms with Gasteiger partial charge in [-0.1, -0.05) is 42.5 Å². The van der Waals surface area contributed by atoms with Gasteiger partial charge in [0.05, 0.1) is 0 Å². The maximum atomic E-state index is 13.3. The molecule has 0 aliphatic heterocycles. The van der Waals surface area contributed by atoms with E-state index in [1.54, 1.807) is 0 Å². The summed E-state index contributed by atoms with van der Waals surface area (Å²) < 4.78 is 5.57. The van der Waals surface area contributed by atoms with Crippen molar-refractivity contribution in [3.05, 3.63) is 60.2 Å². The third-order valence-corrected chi connectivity index (χ3v) is 7.46. The first-order chi connectivity index (χ1) is 15.6. The minimum absolute atomic E-state index is 0.0241. The van der Waals surface area contributed by atoms with Crippen LogP contribution in [0.4, 0.5) is 4.79 Å². The minimum atomic E-state index is -0.524. The summed E-state index contributed by atoms with van der Waals surface area (Å²) in [5.41, 5.74) is 1.86. The van der Waals surface area contributed by atoms with Gasteiger partial charge in [0.15, 0.2) is 0 Å². The van der Waals surface area contributed by atoms with E-state index in [0.29, 0.717) is 17.4 Å². The maximum Gasteiger partial charge on any atom is 0.408 e. The van der Waals surface area contributed by atoms with Crippen molar-refractivity contribution in [1.29, 1.82) is 0 Å². The number of carbonyl (C=O) groups excluding carboxylic acids is 2. The van der Waals surface area contributed by atoms with Crippen molar-refractivity contribution >= 4 is 12.0 Å². The fourth-order valence-electron chi connectivity index (χ4n) is 6.83. The average Bonchev–Trinajstić information content (AvgIpc) is 2.71. The Labute approximate surface area is 196 Å². The number of ether oxygens (including phenoxy) is 1. The van der Waals surface area contributed by atoms with Crippen LogP contribution >= 0.6 is 0 Å². The number of rotatable bonds is 4. The Morgan fingerprint density at radius 2 is 1.36 bits per heavy atom. The SMILES string of the molecule is CC(C)(C)OC(=O)NC12C[C@H]3C[C@@H](C1)CC(NC(=O)c1ccc(-c4ccccc4)cc1)(C3)C2. The largest absolute Gasteiger partial charge is 0.444 e. The van der Waals surface area contributed by atoms with E-state index in [1.807, 2.05) is 63.2 Å². The lowest BCUT2D eigenvalue weighted by Crippen LogP contribution is -2.70. The van der Waals surface area contributed by atoms with Crippen LogP contribution in [0.15, 0.2) is 54.6 Å². The van der Waals surface area contributed by atoms with Gasteiger partial charge in [-0.2, -0.15) is 0 Å². The third-order valence-electron chi connectivity index (χ3n) is 7.46. The Bertz CT molecular complexity index is 1030. The van der Waals surface area contributed by atoms with Gasteiger partial charge in [0.2, 0.25) is 0 Å². The average molecular weight is 447 g/mol. The van der Waals surface area contributed by atoms with Gasteiger partial charge >= 0.3 is 6.09 Å². The van der Waals surface area contributed by atoms with Crippen molar-refractivity contribution < 1.29 is 14.3 Å². The highest BCUT2D eigenvalue weighted by Crippen LogP contribution is 2.57. The molecule has 2 aromatic carbocycles. The molecule has 0 heterocycles. The molecular weight excluding hydrogens is 412 g/mol. The van der Waals surface area contributed by atoms with E-state index in [4.69, 9.17) is 4.74 Å². The highest BCUT2D eigenvalue weighted by Gasteiger charge is 2.59. The second-order valence-electron chi connectivity index (χ2n) is 11.5. The second kappa shape index (κ2) is 7.89. The molecule has 0 aromatic heterocycles. The molecule has 0 radical (unpaired) electrons. The predicted octanol–water partition coefficient (Wildman–Crippen LogP) is 5.70. The molecule has 0 spiro atoms. The fourth-order valence-corrected chi connectivity index (χ4v) is 6.83. The first kappa shape index (κ1) is 22.0. The molecule has 2 aromatic rings. The number of carbonyl (C=O) groups is 2. The lowest BCUT2D eigenvalue weighted by atomic mass is 9.50. The number of hydrogen-bond donors (Lipinski definition) is 2. The van der Waals surface area contributed by atoms with E-state index < -0.39 is 5.60 Å². The summed E-state index contributed by atoms with van der Waals surface area (Å²) >= 11 is 0.